The molecule has 0 saturated heterocycles. The standard InChI is InChI=1S/C15H18N6O3/c1-10(11-3-2-4-13(7-11)21(23)24)18-15(22)19-12-5-6-14-16-9-17-20(14)8-12/h2-4,7,9-10,12H,5-6,8H2,1H3,(H2,18,19,22)/t10-,12-/m0/s1. The monoisotopic (exact) mass is 330 g/mol. The van der Waals surface area contributed by atoms with Gasteiger partial charge in [0.1, 0.15) is 12.2 Å². The van der Waals surface area contributed by atoms with Crippen LogP contribution in [0.5, 0.6) is 0 Å². The molecule has 2 aromatic rings. The number of nitro benzene ring substituents is 1. The summed E-state index contributed by atoms with van der Waals surface area (Å²) < 4.78 is 1.79. The highest BCUT2D eigenvalue weighted by Gasteiger charge is 2.22. The van der Waals surface area contributed by atoms with E-state index < -0.39 is 4.92 Å². The maximum absolute atomic E-state index is 12.2. The van der Waals surface area contributed by atoms with E-state index in [4.69, 9.17) is 0 Å². The Bertz CT molecular complexity index is 759. The fraction of sp³-hybridized carbons (Fsp3) is 0.400. The Balaban J connectivity index is 1.57. The molecule has 2 heterocycles. The van der Waals surface area contributed by atoms with Crippen LogP contribution < -0.4 is 10.6 Å². The number of urea groups is 1. The molecular formula is C15H18N6O3. The molecule has 3 rings (SSSR count). The minimum absolute atomic E-state index is 0.00699. The summed E-state index contributed by atoms with van der Waals surface area (Å²) in [6.07, 6.45) is 3.09. The molecular weight excluding hydrogens is 312 g/mol. The van der Waals surface area contributed by atoms with Crippen LogP contribution in [-0.4, -0.2) is 31.8 Å². The topological polar surface area (TPSA) is 115 Å². The number of benzene rings is 1. The number of hydrogen-bond acceptors (Lipinski definition) is 5. The quantitative estimate of drug-likeness (QED) is 0.652. The number of nitrogens with zero attached hydrogens (tertiary/aromatic N) is 4. The summed E-state index contributed by atoms with van der Waals surface area (Å²) in [5, 5.41) is 20.7. The van der Waals surface area contributed by atoms with Crippen molar-refractivity contribution in [3.8, 4) is 0 Å². The Morgan fingerprint density at radius 3 is 3.12 bits per heavy atom. The lowest BCUT2D eigenvalue weighted by molar-refractivity contribution is -0.384. The molecule has 1 aromatic heterocycles. The summed E-state index contributed by atoms with van der Waals surface area (Å²) in [6.45, 7) is 2.38. The van der Waals surface area contributed by atoms with Gasteiger partial charge >= 0.3 is 6.03 Å². The highest BCUT2D eigenvalue weighted by atomic mass is 16.6. The molecule has 0 bridgehead atoms. The average Bonchev–Trinajstić information content (AvgIpc) is 3.02. The first-order valence-electron chi connectivity index (χ1n) is 7.71. The molecule has 0 unspecified atom stereocenters. The van der Waals surface area contributed by atoms with E-state index in [9.17, 15) is 14.9 Å². The highest BCUT2D eigenvalue weighted by Crippen LogP contribution is 2.19. The van der Waals surface area contributed by atoms with Gasteiger partial charge in [-0.05, 0) is 18.9 Å². The minimum Gasteiger partial charge on any atom is -0.334 e. The second kappa shape index (κ2) is 6.65. The number of nitrogens with one attached hydrogen (secondary N) is 2. The van der Waals surface area contributed by atoms with E-state index in [2.05, 4.69) is 20.7 Å². The second-order valence-corrected chi connectivity index (χ2v) is 5.79. The fourth-order valence-electron chi connectivity index (χ4n) is 2.77. The van der Waals surface area contributed by atoms with Gasteiger partial charge in [0.15, 0.2) is 0 Å². The summed E-state index contributed by atoms with van der Waals surface area (Å²) in [4.78, 5) is 26.7. The van der Waals surface area contributed by atoms with E-state index in [0.717, 1.165) is 18.7 Å². The normalized spacial score (nSPS) is 17.6. The number of non-ortho nitro benzene ring substituents is 1. The molecule has 1 aliphatic rings. The molecule has 0 fully saturated rings. The highest BCUT2D eigenvalue weighted by molar-refractivity contribution is 5.74. The zero-order valence-electron chi connectivity index (χ0n) is 13.2. The van der Waals surface area contributed by atoms with Crippen molar-refractivity contribution in [1.29, 1.82) is 0 Å². The Labute approximate surface area is 138 Å². The smallest absolute Gasteiger partial charge is 0.315 e. The Morgan fingerprint density at radius 2 is 2.33 bits per heavy atom. The van der Waals surface area contributed by atoms with Gasteiger partial charge in [-0.1, -0.05) is 12.1 Å². The second-order valence-electron chi connectivity index (χ2n) is 5.79. The van der Waals surface area contributed by atoms with Gasteiger partial charge in [0, 0.05) is 18.6 Å². The molecule has 2 N–H and O–H groups in total. The number of aryl methyl sites for hydroxylation is 1. The Hall–Kier alpha value is -2.97. The third-order valence-corrected chi connectivity index (χ3v) is 4.07. The average molecular weight is 330 g/mol. The van der Waals surface area contributed by atoms with Gasteiger partial charge in [-0.15, -0.1) is 0 Å². The van der Waals surface area contributed by atoms with Crippen LogP contribution >= 0.6 is 0 Å². The van der Waals surface area contributed by atoms with E-state index in [-0.39, 0.29) is 23.8 Å². The lowest BCUT2D eigenvalue weighted by Gasteiger charge is -2.24. The Morgan fingerprint density at radius 1 is 1.50 bits per heavy atom. The minimum atomic E-state index is -0.450. The summed E-state index contributed by atoms with van der Waals surface area (Å²) in [5.74, 6) is 0.929. The maximum Gasteiger partial charge on any atom is 0.315 e. The predicted molar refractivity (Wildman–Crippen MR) is 85.3 cm³/mol. The van der Waals surface area contributed by atoms with Gasteiger partial charge in [-0.25, -0.2) is 14.5 Å². The third kappa shape index (κ3) is 3.50. The number of rotatable bonds is 4. The van der Waals surface area contributed by atoms with Crippen molar-refractivity contribution in [2.24, 2.45) is 0 Å². The molecule has 0 spiro atoms. The van der Waals surface area contributed by atoms with Crippen LogP contribution in [0.25, 0.3) is 0 Å². The number of hydrogen-bond donors (Lipinski definition) is 2. The van der Waals surface area contributed by atoms with E-state index in [1.54, 1.807) is 23.7 Å². The molecule has 0 aliphatic carbocycles. The van der Waals surface area contributed by atoms with Crippen LogP contribution in [0.1, 0.15) is 30.8 Å². The molecule has 0 radical (unpaired) electrons. The van der Waals surface area contributed by atoms with Crippen LogP contribution in [0.3, 0.4) is 0 Å². The number of amides is 2. The van der Waals surface area contributed by atoms with Gasteiger partial charge in [-0.2, -0.15) is 5.10 Å². The van der Waals surface area contributed by atoms with Crippen molar-refractivity contribution in [1.82, 2.24) is 25.4 Å². The molecule has 2 amide bonds. The largest absolute Gasteiger partial charge is 0.334 e. The number of fused-ring (bicyclic) bond motifs is 1. The van der Waals surface area contributed by atoms with E-state index in [0.29, 0.717) is 12.1 Å². The van der Waals surface area contributed by atoms with Gasteiger partial charge in [-0.3, -0.25) is 10.1 Å². The molecule has 24 heavy (non-hydrogen) atoms. The molecule has 1 aromatic carbocycles. The number of nitro groups is 1. The molecule has 2 atom stereocenters. The van der Waals surface area contributed by atoms with Crippen molar-refractivity contribution in [3.63, 3.8) is 0 Å². The summed E-state index contributed by atoms with van der Waals surface area (Å²) in [6, 6.07) is 5.59. The molecule has 126 valence electrons. The molecule has 9 heteroatoms. The predicted octanol–water partition coefficient (Wildman–Crippen LogP) is 1.56. The Kier molecular flexibility index (Phi) is 4.41. The summed E-state index contributed by atoms with van der Waals surface area (Å²) in [7, 11) is 0. The van der Waals surface area contributed by atoms with Crippen molar-refractivity contribution < 1.29 is 9.72 Å². The van der Waals surface area contributed by atoms with Crippen LogP contribution in [-0.2, 0) is 13.0 Å². The van der Waals surface area contributed by atoms with Crippen LogP contribution in [0.15, 0.2) is 30.6 Å². The zero-order valence-corrected chi connectivity index (χ0v) is 13.2. The summed E-state index contributed by atoms with van der Waals surface area (Å²) >= 11 is 0. The number of aromatic nitrogens is 3. The van der Waals surface area contributed by atoms with Gasteiger partial charge in [0.2, 0.25) is 0 Å². The molecule has 9 nitrogen and oxygen atoms in total. The van der Waals surface area contributed by atoms with Crippen molar-refractivity contribution in [3.05, 3.63) is 52.1 Å². The number of carbonyl (C=O) groups is 1. The van der Waals surface area contributed by atoms with Crippen LogP contribution in [0.2, 0.25) is 0 Å². The van der Waals surface area contributed by atoms with Crippen LogP contribution in [0, 0.1) is 10.1 Å². The lowest BCUT2D eigenvalue weighted by Crippen LogP contribution is -2.46. The first-order valence-corrected chi connectivity index (χ1v) is 7.71. The molecule has 0 saturated carbocycles. The van der Waals surface area contributed by atoms with Crippen molar-refractivity contribution in [2.45, 2.75) is 38.4 Å². The first kappa shape index (κ1) is 15.9. The van der Waals surface area contributed by atoms with Crippen molar-refractivity contribution >= 4 is 11.7 Å². The van der Waals surface area contributed by atoms with E-state index in [1.807, 2.05) is 0 Å². The molecule has 1 aliphatic heterocycles. The zero-order chi connectivity index (χ0) is 17.1. The van der Waals surface area contributed by atoms with E-state index >= 15 is 0 Å². The first-order chi connectivity index (χ1) is 11.5. The SMILES string of the molecule is C[C@H](NC(=O)N[C@H]1CCc2ncnn2C1)c1cccc([N+](=O)[O-])c1. The van der Waals surface area contributed by atoms with E-state index in [1.165, 1.54) is 18.5 Å². The van der Waals surface area contributed by atoms with Crippen molar-refractivity contribution in [2.75, 3.05) is 0 Å². The maximum atomic E-state index is 12.2. The number of carbonyl (C=O) groups excluding carboxylic acids is 1. The van der Waals surface area contributed by atoms with Gasteiger partial charge in [0.25, 0.3) is 5.69 Å². The summed E-state index contributed by atoms with van der Waals surface area (Å²) in [5.41, 5.74) is 0.689. The lowest BCUT2D eigenvalue weighted by atomic mass is 10.1. The van der Waals surface area contributed by atoms with Gasteiger partial charge < -0.3 is 10.6 Å². The fourth-order valence-corrected chi connectivity index (χ4v) is 2.77. The van der Waals surface area contributed by atoms with Gasteiger partial charge in [0.05, 0.1) is 23.6 Å². The van der Waals surface area contributed by atoms with Crippen LogP contribution in [0.4, 0.5) is 10.5 Å². The third-order valence-electron chi connectivity index (χ3n) is 4.07.